The van der Waals surface area contributed by atoms with E-state index in [1.807, 2.05) is 30.3 Å². The van der Waals surface area contributed by atoms with Gasteiger partial charge in [-0.2, -0.15) is 0 Å². The molecule has 2 aliphatic rings. The first-order valence-electron chi connectivity index (χ1n) is 14.1. The molecule has 4 unspecified atom stereocenters. The molecule has 252 valence electrons. The Morgan fingerprint density at radius 3 is 1.67 bits per heavy atom. The van der Waals surface area contributed by atoms with E-state index in [4.69, 9.17) is 19.3 Å². The number of carbonyl (C=O) groups is 2. The fourth-order valence-electron chi connectivity index (χ4n) is 4.11. The second-order valence-electron chi connectivity index (χ2n) is 12.2. The van der Waals surface area contributed by atoms with E-state index >= 15 is 0 Å². The molecule has 1 aromatic rings. The summed E-state index contributed by atoms with van der Waals surface area (Å²) >= 11 is 0. The Morgan fingerprint density at radius 2 is 1.21 bits per heavy atom. The zero-order valence-corrected chi connectivity index (χ0v) is 25.6. The zero-order chi connectivity index (χ0) is 31.2. The number of alkyl halides is 2. The average Bonchev–Trinajstić information content (AvgIpc) is 3.18. The Hall–Kier alpha value is -2.50. The average molecular weight is 621 g/mol. The maximum atomic E-state index is 13.9. The number of hydrogen-bond acceptors (Lipinski definition) is 7. The molecule has 2 fully saturated rings. The maximum Gasteiger partial charge on any atom is 0.410 e. The van der Waals surface area contributed by atoms with Crippen molar-refractivity contribution in [1.29, 1.82) is 0 Å². The summed E-state index contributed by atoms with van der Waals surface area (Å²) in [6, 6.07) is 9.83. The number of likely N-dealkylation sites (tertiary alicyclic amines) is 2. The van der Waals surface area contributed by atoms with Crippen LogP contribution in [0.1, 0.15) is 87.6 Å². The zero-order valence-electron chi connectivity index (χ0n) is 25.6. The Kier molecular flexibility index (Phi) is 20.3. The lowest BCUT2D eigenvalue weighted by Crippen LogP contribution is -2.42. The standard InChI is InChI=1S/C18H26FNO3.C11H20FNO3.CH4O.2CH4/c1-18(2,3)23-17(21)20-11-15(19)9-10-16(12-20)22-13-14-7-5-4-6-8-14;1-11(2,3)16-10(15)13-6-8(12)4-5-9(14)7-13;1-2;;/h4-8,15-16H,9-13H2,1-3H3;8-9,14H,4-7H2,1-3H3;2H,1H3;2*1H4. The Balaban J connectivity index is 0. The Labute approximate surface area is 258 Å². The molecule has 2 saturated heterocycles. The van der Waals surface area contributed by atoms with Gasteiger partial charge in [0.2, 0.25) is 0 Å². The molecule has 43 heavy (non-hydrogen) atoms. The number of nitrogens with zero attached hydrogens (tertiary/aromatic N) is 2. The van der Waals surface area contributed by atoms with Gasteiger partial charge in [-0.25, -0.2) is 18.4 Å². The van der Waals surface area contributed by atoms with Gasteiger partial charge in [-0.3, -0.25) is 0 Å². The van der Waals surface area contributed by atoms with Crippen molar-refractivity contribution >= 4 is 12.2 Å². The highest BCUT2D eigenvalue weighted by Gasteiger charge is 2.31. The minimum absolute atomic E-state index is 0. The highest BCUT2D eigenvalue weighted by molar-refractivity contribution is 5.68. The van der Waals surface area contributed by atoms with Crippen molar-refractivity contribution in [1.82, 2.24) is 9.80 Å². The third-order valence-corrected chi connectivity index (χ3v) is 5.94. The molecule has 0 spiro atoms. The van der Waals surface area contributed by atoms with Gasteiger partial charge in [-0.15, -0.1) is 0 Å². The van der Waals surface area contributed by atoms with Gasteiger partial charge in [0.1, 0.15) is 23.5 Å². The molecule has 2 amide bonds. The van der Waals surface area contributed by atoms with Gasteiger partial charge < -0.3 is 34.2 Å². The van der Waals surface area contributed by atoms with Crippen LogP contribution in [0.15, 0.2) is 30.3 Å². The number of aliphatic hydroxyl groups excluding tert-OH is 2. The quantitative estimate of drug-likeness (QED) is 0.395. The van der Waals surface area contributed by atoms with Crippen LogP contribution >= 0.6 is 0 Å². The predicted octanol–water partition coefficient (Wildman–Crippen LogP) is 6.54. The molecule has 1 aromatic carbocycles. The van der Waals surface area contributed by atoms with Crippen molar-refractivity contribution in [2.24, 2.45) is 0 Å². The molecule has 0 saturated carbocycles. The number of halogens is 2. The summed E-state index contributed by atoms with van der Waals surface area (Å²) in [7, 11) is 1.00. The lowest BCUT2D eigenvalue weighted by Gasteiger charge is -2.28. The maximum absolute atomic E-state index is 13.9. The second-order valence-corrected chi connectivity index (χ2v) is 12.2. The van der Waals surface area contributed by atoms with Gasteiger partial charge in [0.05, 0.1) is 45.0 Å². The summed E-state index contributed by atoms with van der Waals surface area (Å²) in [5.41, 5.74) is -0.118. The van der Waals surface area contributed by atoms with Crippen LogP contribution in [-0.2, 0) is 20.8 Å². The number of amides is 2. The summed E-state index contributed by atoms with van der Waals surface area (Å²) in [6.07, 6.45) is -2.30. The van der Waals surface area contributed by atoms with Gasteiger partial charge in [0, 0.05) is 7.11 Å². The molecule has 3 rings (SSSR count). The Morgan fingerprint density at radius 1 is 0.767 bits per heavy atom. The third-order valence-electron chi connectivity index (χ3n) is 5.94. The molecule has 4 atom stereocenters. The van der Waals surface area contributed by atoms with E-state index in [0.717, 1.165) is 12.7 Å². The van der Waals surface area contributed by atoms with Crippen molar-refractivity contribution in [2.75, 3.05) is 33.3 Å². The summed E-state index contributed by atoms with van der Waals surface area (Å²) < 4.78 is 43.6. The number of benzene rings is 1. The van der Waals surface area contributed by atoms with Crippen molar-refractivity contribution in [2.45, 2.75) is 124 Å². The van der Waals surface area contributed by atoms with Crippen LogP contribution in [-0.4, -0.2) is 101 Å². The van der Waals surface area contributed by atoms with Gasteiger partial charge in [0.15, 0.2) is 0 Å². The minimum atomic E-state index is -1.08. The summed E-state index contributed by atoms with van der Waals surface area (Å²) in [6.45, 7) is 11.7. The van der Waals surface area contributed by atoms with E-state index in [1.54, 1.807) is 41.5 Å². The lowest BCUT2D eigenvalue weighted by molar-refractivity contribution is -0.00454. The van der Waals surface area contributed by atoms with Crippen LogP contribution in [0, 0.1) is 0 Å². The molecule has 0 radical (unpaired) electrons. The van der Waals surface area contributed by atoms with Crippen molar-refractivity contribution in [3.8, 4) is 0 Å². The van der Waals surface area contributed by atoms with Gasteiger partial charge in [-0.1, -0.05) is 45.2 Å². The molecule has 9 nitrogen and oxygen atoms in total. The van der Waals surface area contributed by atoms with Gasteiger partial charge in [0.25, 0.3) is 0 Å². The van der Waals surface area contributed by atoms with E-state index in [1.165, 1.54) is 9.80 Å². The highest BCUT2D eigenvalue weighted by Crippen LogP contribution is 2.20. The van der Waals surface area contributed by atoms with Crippen LogP contribution in [0.2, 0.25) is 0 Å². The van der Waals surface area contributed by atoms with E-state index in [0.29, 0.717) is 38.8 Å². The highest BCUT2D eigenvalue weighted by atomic mass is 19.1. The third kappa shape index (κ3) is 18.7. The number of β-amino-alcohol motifs (C(OH)–C–C–N with tert-alkyl or cyclic N) is 1. The molecule has 0 bridgehead atoms. The first-order chi connectivity index (χ1) is 19.1. The van der Waals surface area contributed by atoms with Crippen LogP contribution in [0.25, 0.3) is 0 Å². The first kappa shape index (κ1) is 42.6. The molecule has 11 heteroatoms. The van der Waals surface area contributed by atoms with E-state index in [-0.39, 0.29) is 40.6 Å². The topological polar surface area (TPSA) is 109 Å². The van der Waals surface area contributed by atoms with Crippen LogP contribution < -0.4 is 0 Å². The van der Waals surface area contributed by atoms with Gasteiger partial charge >= 0.3 is 12.2 Å². The van der Waals surface area contributed by atoms with E-state index in [2.05, 4.69) is 0 Å². The molecular formula is C32H58F2N2O7. The summed E-state index contributed by atoms with van der Waals surface area (Å²) in [5.74, 6) is 0. The molecule has 2 N–H and O–H groups in total. The first-order valence-corrected chi connectivity index (χ1v) is 14.1. The van der Waals surface area contributed by atoms with Crippen LogP contribution in [0.5, 0.6) is 0 Å². The van der Waals surface area contributed by atoms with Crippen LogP contribution in [0.3, 0.4) is 0 Å². The fourth-order valence-corrected chi connectivity index (χ4v) is 4.11. The molecule has 0 aliphatic carbocycles. The summed E-state index contributed by atoms with van der Waals surface area (Å²) in [4.78, 5) is 26.6. The monoisotopic (exact) mass is 620 g/mol. The summed E-state index contributed by atoms with van der Waals surface area (Å²) in [5, 5.41) is 16.5. The number of aliphatic hydroxyl groups is 2. The van der Waals surface area contributed by atoms with Gasteiger partial charge in [-0.05, 0) is 72.8 Å². The number of hydrogen-bond donors (Lipinski definition) is 2. The lowest BCUT2D eigenvalue weighted by atomic mass is 10.1. The number of carbonyl (C=O) groups excluding carboxylic acids is 2. The number of rotatable bonds is 3. The predicted molar refractivity (Wildman–Crippen MR) is 167 cm³/mol. The molecule has 2 aliphatic heterocycles. The minimum Gasteiger partial charge on any atom is -0.444 e. The van der Waals surface area contributed by atoms with E-state index in [9.17, 15) is 23.5 Å². The molecular weight excluding hydrogens is 562 g/mol. The van der Waals surface area contributed by atoms with Crippen molar-refractivity contribution in [3.63, 3.8) is 0 Å². The van der Waals surface area contributed by atoms with Crippen molar-refractivity contribution < 1.29 is 42.8 Å². The second kappa shape index (κ2) is 20.5. The van der Waals surface area contributed by atoms with Crippen LogP contribution in [0.4, 0.5) is 18.4 Å². The van der Waals surface area contributed by atoms with E-state index < -0.39 is 41.8 Å². The smallest absolute Gasteiger partial charge is 0.410 e. The normalized spacial score (nSPS) is 22.4. The SMILES string of the molecule is C.C.CC(C)(C)OC(=O)N1CC(F)CCC(OCc2ccccc2)C1.CC(C)(C)OC(=O)N1CC(O)CCC(F)C1.CO. The molecule has 2 heterocycles. The Bertz CT molecular complexity index is 882. The largest absolute Gasteiger partial charge is 0.444 e. The fraction of sp³-hybridized carbons (Fsp3) is 0.750. The molecule has 0 aromatic heterocycles. The number of ether oxygens (including phenoxy) is 3. The van der Waals surface area contributed by atoms with Crippen molar-refractivity contribution in [3.05, 3.63) is 35.9 Å².